The van der Waals surface area contributed by atoms with Crippen molar-refractivity contribution in [3.05, 3.63) is 0 Å². The fraction of sp³-hybridized carbons (Fsp3) is 0.917. The lowest BCUT2D eigenvalue weighted by molar-refractivity contribution is -0.0149. The average molecular weight is 225 g/mol. The van der Waals surface area contributed by atoms with Crippen LogP contribution in [0, 0.1) is 5.41 Å². The van der Waals surface area contributed by atoms with Gasteiger partial charge >= 0.3 is 0 Å². The minimum Gasteiger partial charge on any atom is -0.385 e. The second-order valence-electron chi connectivity index (χ2n) is 4.96. The summed E-state index contributed by atoms with van der Waals surface area (Å²) in [6.07, 6.45) is 7.93. The summed E-state index contributed by atoms with van der Waals surface area (Å²) in [5, 5.41) is 7.46. The number of ether oxygens (including phenoxy) is 1. The van der Waals surface area contributed by atoms with Gasteiger partial charge in [-0.25, -0.2) is 0 Å². The lowest BCUT2D eigenvalue weighted by atomic mass is 10.1. The van der Waals surface area contributed by atoms with Crippen LogP contribution in [-0.4, -0.2) is 42.6 Å². The summed E-state index contributed by atoms with van der Waals surface area (Å²) in [5.41, 5.74) is 5.52. The van der Waals surface area contributed by atoms with E-state index in [2.05, 4.69) is 4.90 Å². The van der Waals surface area contributed by atoms with Crippen LogP contribution in [0.1, 0.15) is 38.5 Å². The molecule has 0 spiro atoms. The number of nitrogens with two attached hydrogens (primary N) is 1. The molecule has 1 saturated heterocycles. The normalized spacial score (nSPS) is 29.9. The SMILES string of the molecule is N=C(N)C1CN(C2CCCCCC2)CCO1. The van der Waals surface area contributed by atoms with Crippen molar-refractivity contribution in [1.82, 2.24) is 4.90 Å². The van der Waals surface area contributed by atoms with Crippen LogP contribution in [0.15, 0.2) is 0 Å². The molecule has 2 fully saturated rings. The molecule has 16 heavy (non-hydrogen) atoms. The molecular formula is C12H23N3O. The van der Waals surface area contributed by atoms with E-state index >= 15 is 0 Å². The molecule has 92 valence electrons. The topological polar surface area (TPSA) is 62.3 Å². The van der Waals surface area contributed by atoms with Gasteiger partial charge in [-0.15, -0.1) is 0 Å². The maximum Gasteiger partial charge on any atom is 0.127 e. The van der Waals surface area contributed by atoms with Gasteiger partial charge in [0.1, 0.15) is 11.9 Å². The smallest absolute Gasteiger partial charge is 0.127 e. The number of hydrogen-bond donors (Lipinski definition) is 2. The number of nitrogens with zero attached hydrogens (tertiary/aromatic N) is 1. The van der Waals surface area contributed by atoms with Crippen molar-refractivity contribution in [1.29, 1.82) is 5.41 Å². The Hall–Kier alpha value is -0.610. The van der Waals surface area contributed by atoms with E-state index in [0.717, 1.165) is 19.7 Å². The third kappa shape index (κ3) is 2.95. The van der Waals surface area contributed by atoms with Gasteiger partial charge in [-0.2, -0.15) is 0 Å². The molecule has 1 atom stereocenters. The van der Waals surface area contributed by atoms with Crippen LogP contribution in [0.3, 0.4) is 0 Å². The van der Waals surface area contributed by atoms with E-state index < -0.39 is 0 Å². The summed E-state index contributed by atoms with van der Waals surface area (Å²) in [6.45, 7) is 2.55. The quantitative estimate of drug-likeness (QED) is 0.423. The van der Waals surface area contributed by atoms with Crippen LogP contribution in [0.4, 0.5) is 0 Å². The van der Waals surface area contributed by atoms with Crippen molar-refractivity contribution < 1.29 is 4.74 Å². The number of amidine groups is 1. The van der Waals surface area contributed by atoms with Crippen molar-refractivity contribution in [3.8, 4) is 0 Å². The molecule has 1 aliphatic heterocycles. The van der Waals surface area contributed by atoms with Gasteiger partial charge in [0, 0.05) is 19.1 Å². The van der Waals surface area contributed by atoms with Crippen molar-refractivity contribution >= 4 is 5.84 Å². The minimum atomic E-state index is -0.169. The Bertz CT molecular complexity index is 236. The van der Waals surface area contributed by atoms with Crippen LogP contribution >= 0.6 is 0 Å². The molecule has 0 bridgehead atoms. The monoisotopic (exact) mass is 225 g/mol. The van der Waals surface area contributed by atoms with Crippen molar-refractivity contribution in [2.24, 2.45) is 5.73 Å². The summed E-state index contributed by atoms with van der Waals surface area (Å²) in [5.74, 6) is 0.179. The first-order valence-corrected chi connectivity index (χ1v) is 6.47. The summed E-state index contributed by atoms with van der Waals surface area (Å²) in [4.78, 5) is 2.49. The van der Waals surface area contributed by atoms with Gasteiger partial charge < -0.3 is 10.5 Å². The maximum absolute atomic E-state index is 7.46. The standard InChI is InChI=1S/C12H23N3O/c13-12(14)11-9-15(7-8-16-11)10-5-3-1-2-4-6-10/h10-11H,1-9H2,(H3,13,14). The predicted molar refractivity (Wildman–Crippen MR) is 64.7 cm³/mol. The fourth-order valence-electron chi connectivity index (χ4n) is 2.81. The number of nitrogens with one attached hydrogen (secondary N) is 1. The molecule has 2 aliphatic rings. The van der Waals surface area contributed by atoms with Crippen molar-refractivity contribution in [3.63, 3.8) is 0 Å². The molecule has 4 nitrogen and oxygen atoms in total. The van der Waals surface area contributed by atoms with E-state index in [1.807, 2.05) is 0 Å². The highest BCUT2D eigenvalue weighted by Gasteiger charge is 2.28. The highest BCUT2D eigenvalue weighted by atomic mass is 16.5. The van der Waals surface area contributed by atoms with E-state index in [4.69, 9.17) is 15.9 Å². The van der Waals surface area contributed by atoms with Gasteiger partial charge in [0.15, 0.2) is 0 Å². The third-order valence-corrected chi connectivity index (χ3v) is 3.79. The molecule has 1 aliphatic carbocycles. The zero-order chi connectivity index (χ0) is 11.4. The van der Waals surface area contributed by atoms with E-state index in [9.17, 15) is 0 Å². The summed E-state index contributed by atoms with van der Waals surface area (Å²) in [6, 6.07) is 0.702. The van der Waals surface area contributed by atoms with Crippen LogP contribution in [-0.2, 0) is 4.74 Å². The first-order chi connectivity index (χ1) is 7.77. The Morgan fingerprint density at radius 2 is 1.88 bits per heavy atom. The van der Waals surface area contributed by atoms with Gasteiger partial charge in [0.2, 0.25) is 0 Å². The Morgan fingerprint density at radius 3 is 2.50 bits per heavy atom. The molecule has 2 rings (SSSR count). The molecule has 0 aromatic rings. The van der Waals surface area contributed by atoms with Gasteiger partial charge in [-0.1, -0.05) is 25.7 Å². The number of morpholine rings is 1. The lowest BCUT2D eigenvalue weighted by Crippen LogP contribution is -2.51. The number of rotatable bonds is 2. The first kappa shape index (κ1) is 11.9. The maximum atomic E-state index is 7.46. The molecule has 0 aromatic heterocycles. The molecule has 0 radical (unpaired) electrons. The van der Waals surface area contributed by atoms with E-state index in [-0.39, 0.29) is 11.9 Å². The molecule has 1 heterocycles. The zero-order valence-electron chi connectivity index (χ0n) is 9.95. The van der Waals surface area contributed by atoms with E-state index in [1.165, 1.54) is 38.5 Å². The van der Waals surface area contributed by atoms with Crippen LogP contribution in [0.2, 0.25) is 0 Å². The van der Waals surface area contributed by atoms with Gasteiger partial charge in [-0.05, 0) is 12.8 Å². The van der Waals surface area contributed by atoms with Gasteiger partial charge in [0.25, 0.3) is 0 Å². The molecule has 4 heteroatoms. The Morgan fingerprint density at radius 1 is 1.19 bits per heavy atom. The molecule has 0 amide bonds. The van der Waals surface area contributed by atoms with Crippen LogP contribution < -0.4 is 5.73 Å². The Balaban J connectivity index is 1.89. The largest absolute Gasteiger partial charge is 0.385 e. The molecular weight excluding hydrogens is 202 g/mol. The summed E-state index contributed by atoms with van der Waals surface area (Å²) < 4.78 is 5.50. The van der Waals surface area contributed by atoms with E-state index in [1.54, 1.807) is 0 Å². The third-order valence-electron chi connectivity index (χ3n) is 3.79. The summed E-state index contributed by atoms with van der Waals surface area (Å²) in [7, 11) is 0. The highest BCUT2D eigenvalue weighted by Crippen LogP contribution is 2.23. The highest BCUT2D eigenvalue weighted by molar-refractivity contribution is 5.82. The average Bonchev–Trinajstić information content (AvgIpc) is 2.57. The minimum absolute atomic E-state index is 0.169. The zero-order valence-corrected chi connectivity index (χ0v) is 9.95. The van der Waals surface area contributed by atoms with E-state index in [0.29, 0.717) is 6.04 Å². The van der Waals surface area contributed by atoms with Crippen LogP contribution in [0.5, 0.6) is 0 Å². The number of hydrogen-bond acceptors (Lipinski definition) is 3. The second-order valence-corrected chi connectivity index (χ2v) is 4.96. The molecule has 0 aromatic carbocycles. The second kappa shape index (κ2) is 5.64. The lowest BCUT2D eigenvalue weighted by Gasteiger charge is -2.37. The first-order valence-electron chi connectivity index (χ1n) is 6.47. The predicted octanol–water partition coefficient (Wildman–Crippen LogP) is 1.35. The van der Waals surface area contributed by atoms with Gasteiger partial charge in [0.05, 0.1) is 6.61 Å². The Kier molecular flexibility index (Phi) is 4.18. The van der Waals surface area contributed by atoms with Crippen molar-refractivity contribution in [2.75, 3.05) is 19.7 Å². The molecule has 3 N–H and O–H groups in total. The van der Waals surface area contributed by atoms with Crippen LogP contribution in [0.25, 0.3) is 0 Å². The molecule has 1 saturated carbocycles. The van der Waals surface area contributed by atoms with Gasteiger partial charge in [-0.3, -0.25) is 10.3 Å². The Labute approximate surface area is 97.6 Å². The van der Waals surface area contributed by atoms with Crippen molar-refractivity contribution in [2.45, 2.75) is 50.7 Å². The summed E-state index contributed by atoms with van der Waals surface area (Å²) >= 11 is 0. The fourth-order valence-corrected chi connectivity index (χ4v) is 2.81. The molecule has 1 unspecified atom stereocenters.